The number of alkyl halides is 5. The maximum Gasteiger partial charge on any atom is 0.395 e. The van der Waals surface area contributed by atoms with E-state index in [2.05, 4.69) is 0 Å². The SMILES string of the molecule is C[C@]12C=CC(=O)C=C1C(C(F)(F)F)C[C@H]1[C@@H]3CC[C@](O)(C(=O)CO)[C@@]3(C)CC(Cl)[C@@]12Cl. The number of hydrogen-bond acceptors (Lipinski definition) is 4. The molecule has 31 heavy (non-hydrogen) atoms. The number of allylic oxidation sites excluding steroid dienone is 4. The molecule has 0 radical (unpaired) electrons. The van der Waals surface area contributed by atoms with E-state index in [4.69, 9.17) is 23.2 Å². The van der Waals surface area contributed by atoms with Gasteiger partial charge in [-0.15, -0.1) is 23.2 Å². The van der Waals surface area contributed by atoms with Crippen molar-refractivity contribution in [3.8, 4) is 0 Å². The Morgan fingerprint density at radius 3 is 2.52 bits per heavy atom. The Morgan fingerprint density at radius 1 is 1.29 bits per heavy atom. The van der Waals surface area contributed by atoms with Gasteiger partial charge in [0.05, 0.1) is 16.2 Å². The highest BCUT2D eigenvalue weighted by Crippen LogP contribution is 2.73. The average Bonchev–Trinajstić information content (AvgIpc) is 2.94. The number of aliphatic hydroxyl groups excluding tert-OH is 1. The topological polar surface area (TPSA) is 74.6 Å². The van der Waals surface area contributed by atoms with Gasteiger partial charge in [-0.2, -0.15) is 13.2 Å². The minimum absolute atomic E-state index is 0.0328. The second-order valence-electron chi connectivity index (χ2n) is 9.92. The van der Waals surface area contributed by atoms with E-state index >= 15 is 0 Å². The first-order valence-electron chi connectivity index (χ1n) is 10.4. The molecule has 4 aliphatic rings. The highest BCUT2D eigenvalue weighted by Gasteiger charge is 2.75. The van der Waals surface area contributed by atoms with Crippen LogP contribution in [-0.2, 0) is 9.59 Å². The summed E-state index contributed by atoms with van der Waals surface area (Å²) in [6.45, 7) is 2.40. The molecule has 0 spiro atoms. The molecule has 172 valence electrons. The number of aliphatic hydroxyl groups is 2. The van der Waals surface area contributed by atoms with Crippen LogP contribution in [0.5, 0.6) is 0 Å². The highest BCUT2D eigenvalue weighted by molar-refractivity contribution is 6.34. The quantitative estimate of drug-likeness (QED) is 0.586. The molecule has 0 aromatic heterocycles. The van der Waals surface area contributed by atoms with Gasteiger partial charge in [-0.05, 0) is 55.2 Å². The standard InChI is InChI=1S/C22H25Cl2F3O4/c1-18-5-3-11(29)7-13(18)15(22(25,26)27)8-14-12-4-6-20(31,17(30)10-28)19(12,2)9-16(23)21(14,18)24/h3,5,7,12,14-16,28,31H,4,6,8-10H2,1-2H3/t12-,14-,15?,16?,18-,19-,20-,21-/m0/s1. The van der Waals surface area contributed by atoms with Crippen molar-refractivity contribution in [2.75, 3.05) is 6.61 Å². The van der Waals surface area contributed by atoms with Crippen molar-refractivity contribution in [3.63, 3.8) is 0 Å². The summed E-state index contributed by atoms with van der Waals surface area (Å²) >= 11 is 14.0. The molecule has 4 aliphatic carbocycles. The third-order valence-electron chi connectivity index (χ3n) is 8.80. The number of ketones is 2. The van der Waals surface area contributed by atoms with E-state index in [-0.39, 0.29) is 24.8 Å². The van der Waals surface area contributed by atoms with Gasteiger partial charge in [0.2, 0.25) is 0 Å². The summed E-state index contributed by atoms with van der Waals surface area (Å²) in [4.78, 5) is 23.1. The van der Waals surface area contributed by atoms with Gasteiger partial charge in [0, 0.05) is 10.8 Å². The zero-order valence-corrected chi connectivity index (χ0v) is 18.7. The molecule has 0 saturated heterocycles. The van der Waals surface area contributed by atoms with Crippen molar-refractivity contribution >= 4 is 34.8 Å². The molecule has 0 aromatic carbocycles. The fraction of sp³-hybridized carbons (Fsp3) is 0.727. The molecule has 3 saturated carbocycles. The number of carbonyl (C=O) groups is 2. The lowest BCUT2D eigenvalue weighted by molar-refractivity contribution is -0.192. The Morgan fingerprint density at radius 2 is 1.94 bits per heavy atom. The van der Waals surface area contributed by atoms with Gasteiger partial charge in [-0.3, -0.25) is 9.59 Å². The Hall–Kier alpha value is -0.890. The third kappa shape index (κ3) is 2.76. The van der Waals surface area contributed by atoms with Crippen molar-refractivity contribution in [2.45, 2.75) is 61.6 Å². The minimum Gasteiger partial charge on any atom is -0.388 e. The van der Waals surface area contributed by atoms with Crippen molar-refractivity contribution < 1.29 is 33.0 Å². The van der Waals surface area contributed by atoms with Crippen molar-refractivity contribution in [2.24, 2.45) is 28.6 Å². The van der Waals surface area contributed by atoms with E-state index in [1.54, 1.807) is 13.8 Å². The van der Waals surface area contributed by atoms with Gasteiger partial charge >= 0.3 is 6.18 Å². The number of Topliss-reactive ketones (excluding diaryl/α,β-unsaturated/α-hetero) is 1. The molecule has 9 heteroatoms. The fourth-order valence-electron chi connectivity index (χ4n) is 7.12. The molecule has 4 nitrogen and oxygen atoms in total. The molecule has 2 N–H and O–H groups in total. The first-order valence-corrected chi connectivity index (χ1v) is 11.2. The largest absolute Gasteiger partial charge is 0.395 e. The summed E-state index contributed by atoms with van der Waals surface area (Å²) in [6, 6.07) is 0. The Kier molecular flexibility index (Phi) is 5.11. The number of carbonyl (C=O) groups excluding carboxylic acids is 2. The van der Waals surface area contributed by atoms with E-state index < -0.39 is 68.8 Å². The molecule has 0 heterocycles. The second kappa shape index (κ2) is 6.81. The highest BCUT2D eigenvalue weighted by atomic mass is 35.5. The lowest BCUT2D eigenvalue weighted by Gasteiger charge is -2.65. The summed E-state index contributed by atoms with van der Waals surface area (Å²) in [5.41, 5.74) is -4.39. The van der Waals surface area contributed by atoms with Crippen LogP contribution in [0.15, 0.2) is 23.8 Å². The summed E-state index contributed by atoms with van der Waals surface area (Å²) in [5.74, 6) is -4.41. The van der Waals surface area contributed by atoms with Gasteiger partial charge in [-0.25, -0.2) is 0 Å². The predicted octanol–water partition coefficient (Wildman–Crippen LogP) is 3.95. The van der Waals surface area contributed by atoms with Crippen molar-refractivity contribution in [3.05, 3.63) is 23.8 Å². The van der Waals surface area contributed by atoms with Crippen LogP contribution < -0.4 is 0 Å². The van der Waals surface area contributed by atoms with Gasteiger partial charge in [0.25, 0.3) is 0 Å². The monoisotopic (exact) mass is 480 g/mol. The maximum absolute atomic E-state index is 14.2. The number of rotatable bonds is 2. The minimum atomic E-state index is -4.59. The van der Waals surface area contributed by atoms with E-state index in [0.29, 0.717) is 6.42 Å². The summed E-state index contributed by atoms with van der Waals surface area (Å²) in [5, 5.41) is 19.8. The van der Waals surface area contributed by atoms with Crippen LogP contribution >= 0.6 is 23.2 Å². The normalized spacial score (nSPS) is 49.2. The number of fused-ring (bicyclic) bond motifs is 5. The van der Waals surface area contributed by atoms with Crippen molar-refractivity contribution in [1.82, 2.24) is 0 Å². The second-order valence-corrected chi connectivity index (χ2v) is 11.1. The van der Waals surface area contributed by atoms with Gasteiger partial charge in [-0.1, -0.05) is 19.9 Å². The molecular formula is C22H25Cl2F3O4. The van der Waals surface area contributed by atoms with Crippen LogP contribution in [0.25, 0.3) is 0 Å². The van der Waals surface area contributed by atoms with Crippen molar-refractivity contribution in [1.29, 1.82) is 0 Å². The van der Waals surface area contributed by atoms with E-state index in [9.17, 15) is 33.0 Å². The average molecular weight is 481 g/mol. The molecule has 0 aliphatic heterocycles. The van der Waals surface area contributed by atoms with Gasteiger partial charge < -0.3 is 10.2 Å². The Bertz CT molecular complexity index is 902. The first kappa shape index (κ1) is 23.3. The molecule has 0 aromatic rings. The van der Waals surface area contributed by atoms with E-state index in [1.807, 2.05) is 0 Å². The summed E-state index contributed by atoms with van der Waals surface area (Å²) in [7, 11) is 0. The number of hydrogen-bond donors (Lipinski definition) is 2. The van der Waals surface area contributed by atoms with E-state index in [0.717, 1.165) is 6.08 Å². The predicted molar refractivity (Wildman–Crippen MR) is 109 cm³/mol. The maximum atomic E-state index is 14.2. The molecule has 2 unspecified atom stereocenters. The Labute approximate surface area is 188 Å². The lowest BCUT2D eigenvalue weighted by Crippen LogP contribution is -2.69. The van der Waals surface area contributed by atoms with Crippen LogP contribution in [0.4, 0.5) is 13.2 Å². The van der Waals surface area contributed by atoms with Crippen LogP contribution in [0.2, 0.25) is 0 Å². The summed E-state index contributed by atoms with van der Waals surface area (Å²) in [6.07, 6.45) is -0.819. The zero-order valence-electron chi connectivity index (χ0n) is 17.2. The molecule has 0 bridgehead atoms. The zero-order chi connectivity index (χ0) is 23.2. The summed E-state index contributed by atoms with van der Waals surface area (Å²) < 4.78 is 42.5. The molecule has 8 atom stereocenters. The fourth-order valence-corrected chi connectivity index (χ4v) is 8.32. The molecule has 0 amide bonds. The first-order chi connectivity index (χ1) is 14.2. The lowest BCUT2D eigenvalue weighted by atomic mass is 9.44. The Balaban J connectivity index is 1.89. The smallest absolute Gasteiger partial charge is 0.388 e. The van der Waals surface area contributed by atoms with Gasteiger partial charge in [0.15, 0.2) is 11.6 Å². The van der Waals surface area contributed by atoms with Crippen LogP contribution in [0, 0.1) is 28.6 Å². The van der Waals surface area contributed by atoms with Crippen LogP contribution in [-0.4, -0.2) is 50.4 Å². The van der Waals surface area contributed by atoms with Crippen LogP contribution in [0.1, 0.15) is 39.5 Å². The molecular weight excluding hydrogens is 456 g/mol. The van der Waals surface area contributed by atoms with Gasteiger partial charge in [0.1, 0.15) is 12.2 Å². The van der Waals surface area contributed by atoms with E-state index in [1.165, 1.54) is 12.2 Å². The molecule has 3 fully saturated rings. The third-order valence-corrected chi connectivity index (χ3v) is 10.4. The van der Waals surface area contributed by atoms with Crippen LogP contribution in [0.3, 0.4) is 0 Å². The number of halogens is 5. The molecule has 4 rings (SSSR count).